The normalized spacial score (nSPS) is 11.3. The summed E-state index contributed by atoms with van der Waals surface area (Å²) in [5.74, 6) is 0.103. The lowest BCUT2D eigenvalue weighted by atomic mass is 10.1. The average molecular weight is 371 g/mol. The number of carbonyl (C=O) groups excluding carboxylic acids is 1. The minimum atomic E-state index is -0.603. The van der Waals surface area contributed by atoms with E-state index >= 15 is 0 Å². The van der Waals surface area contributed by atoms with Crippen LogP contribution in [0.1, 0.15) is 0 Å². The molecule has 0 saturated carbocycles. The first-order valence-electron chi connectivity index (χ1n) is 8.74. The predicted molar refractivity (Wildman–Crippen MR) is 106 cm³/mol. The molecule has 1 N–H and O–H groups in total. The molecule has 4 aromatic carbocycles. The summed E-state index contributed by atoms with van der Waals surface area (Å²) in [5, 5.41) is 12.8. The van der Waals surface area contributed by atoms with Crippen molar-refractivity contribution in [2.75, 3.05) is 0 Å². The molecule has 0 atom stereocenters. The molecule has 0 spiro atoms. The Morgan fingerprint density at radius 3 is 2.46 bits per heavy atom. The van der Waals surface area contributed by atoms with Crippen molar-refractivity contribution in [3.8, 4) is 11.5 Å². The summed E-state index contributed by atoms with van der Waals surface area (Å²) in [7, 11) is 0. The van der Waals surface area contributed by atoms with Gasteiger partial charge in [0.2, 0.25) is 0 Å². The number of para-hydroxylation sites is 1. The molecule has 5 rings (SSSR count). The van der Waals surface area contributed by atoms with Gasteiger partial charge in [-0.25, -0.2) is 13.8 Å². The zero-order chi connectivity index (χ0) is 19.3. The highest BCUT2D eigenvalue weighted by atomic mass is 19.1. The molecule has 0 saturated heterocycles. The van der Waals surface area contributed by atoms with Gasteiger partial charge >= 0.3 is 6.09 Å². The number of carbonyl (C=O) groups is 1. The number of aromatic hydroxyl groups is 1. The van der Waals surface area contributed by atoms with Gasteiger partial charge in [-0.3, -0.25) is 0 Å². The number of halogens is 1. The standard InChI is InChI=1S/C23H14FNO3/c24-15-8-11-21-20(12-15)18-10-7-14-6-9-16(26)13-19(14)22(18)25(21)23(27)28-17-4-2-1-3-5-17/h1-13,26H. The van der Waals surface area contributed by atoms with Gasteiger partial charge in [-0.05, 0) is 47.9 Å². The summed E-state index contributed by atoms with van der Waals surface area (Å²) >= 11 is 0. The number of phenols is 1. The first-order valence-corrected chi connectivity index (χ1v) is 8.74. The Labute approximate surface area is 159 Å². The lowest BCUT2D eigenvalue weighted by molar-refractivity contribution is 0.204. The molecule has 1 aromatic heterocycles. The molecular weight excluding hydrogens is 357 g/mol. The van der Waals surface area contributed by atoms with Gasteiger partial charge in [0.05, 0.1) is 11.0 Å². The molecule has 5 aromatic rings. The monoisotopic (exact) mass is 371 g/mol. The van der Waals surface area contributed by atoms with Crippen molar-refractivity contribution in [3.63, 3.8) is 0 Å². The predicted octanol–water partition coefficient (Wildman–Crippen LogP) is 5.84. The van der Waals surface area contributed by atoms with Crippen molar-refractivity contribution in [3.05, 3.63) is 84.7 Å². The zero-order valence-electron chi connectivity index (χ0n) is 14.6. The van der Waals surface area contributed by atoms with Crippen LogP contribution in [-0.4, -0.2) is 15.8 Å². The Morgan fingerprint density at radius 1 is 0.857 bits per heavy atom. The van der Waals surface area contributed by atoms with Crippen molar-refractivity contribution in [2.45, 2.75) is 0 Å². The number of rotatable bonds is 1. The van der Waals surface area contributed by atoms with Gasteiger partial charge in [-0.2, -0.15) is 0 Å². The van der Waals surface area contributed by atoms with Crippen LogP contribution < -0.4 is 4.74 Å². The second-order valence-electron chi connectivity index (χ2n) is 6.55. The molecule has 0 amide bonds. The first kappa shape index (κ1) is 16.3. The van der Waals surface area contributed by atoms with E-state index in [0.717, 1.165) is 5.39 Å². The molecule has 28 heavy (non-hydrogen) atoms. The van der Waals surface area contributed by atoms with Gasteiger partial charge in [0.15, 0.2) is 0 Å². The van der Waals surface area contributed by atoms with Crippen LogP contribution >= 0.6 is 0 Å². The van der Waals surface area contributed by atoms with Crippen LogP contribution in [0, 0.1) is 5.82 Å². The highest BCUT2D eigenvalue weighted by molar-refractivity contribution is 6.21. The van der Waals surface area contributed by atoms with E-state index in [0.29, 0.717) is 32.9 Å². The number of benzene rings is 4. The lowest BCUT2D eigenvalue weighted by Crippen LogP contribution is -2.16. The van der Waals surface area contributed by atoms with Gasteiger partial charge in [0.1, 0.15) is 17.3 Å². The van der Waals surface area contributed by atoms with Crippen molar-refractivity contribution < 1.29 is 19.0 Å². The van der Waals surface area contributed by atoms with Gasteiger partial charge in [0, 0.05) is 16.2 Å². The van der Waals surface area contributed by atoms with Crippen LogP contribution in [0.15, 0.2) is 78.9 Å². The highest BCUT2D eigenvalue weighted by Gasteiger charge is 2.20. The Morgan fingerprint density at radius 2 is 1.64 bits per heavy atom. The second kappa shape index (κ2) is 6.09. The van der Waals surface area contributed by atoms with Crippen LogP contribution in [0.3, 0.4) is 0 Å². The molecule has 0 aliphatic carbocycles. The minimum absolute atomic E-state index is 0.0828. The van der Waals surface area contributed by atoms with E-state index in [2.05, 4.69) is 0 Å². The smallest absolute Gasteiger partial charge is 0.424 e. The van der Waals surface area contributed by atoms with E-state index in [-0.39, 0.29) is 11.6 Å². The Hall–Kier alpha value is -3.86. The molecule has 0 fully saturated rings. The molecular formula is C23H14FNO3. The number of hydrogen-bond acceptors (Lipinski definition) is 3. The molecule has 0 unspecified atom stereocenters. The molecule has 1 heterocycles. The highest BCUT2D eigenvalue weighted by Crippen LogP contribution is 2.36. The fraction of sp³-hybridized carbons (Fsp3) is 0. The molecule has 5 heteroatoms. The van der Waals surface area contributed by atoms with Crippen LogP contribution in [0.4, 0.5) is 9.18 Å². The maximum atomic E-state index is 13.9. The molecule has 0 aliphatic heterocycles. The number of aromatic nitrogens is 1. The maximum absolute atomic E-state index is 13.9. The van der Waals surface area contributed by atoms with Gasteiger partial charge in [0.25, 0.3) is 0 Å². The molecule has 4 nitrogen and oxygen atoms in total. The quantitative estimate of drug-likeness (QED) is 0.403. The average Bonchev–Trinajstić information content (AvgIpc) is 3.03. The van der Waals surface area contributed by atoms with Crippen molar-refractivity contribution in [2.24, 2.45) is 0 Å². The van der Waals surface area contributed by atoms with Crippen LogP contribution in [0.5, 0.6) is 11.5 Å². The van der Waals surface area contributed by atoms with E-state index in [4.69, 9.17) is 4.74 Å². The van der Waals surface area contributed by atoms with E-state index < -0.39 is 6.09 Å². The molecule has 0 bridgehead atoms. The summed E-state index contributed by atoms with van der Waals surface area (Å²) in [6.07, 6.45) is -0.603. The van der Waals surface area contributed by atoms with Gasteiger partial charge in [-0.15, -0.1) is 0 Å². The summed E-state index contributed by atoms with van der Waals surface area (Å²) < 4.78 is 20.9. The third kappa shape index (κ3) is 2.48. The summed E-state index contributed by atoms with van der Waals surface area (Å²) in [6.45, 7) is 0. The maximum Gasteiger partial charge on any atom is 0.424 e. The SMILES string of the molecule is O=C(Oc1ccccc1)n1c2ccc(F)cc2c2ccc3ccc(O)cc3c21. The second-order valence-corrected chi connectivity index (χ2v) is 6.55. The Kier molecular flexibility index (Phi) is 3.55. The van der Waals surface area contributed by atoms with Gasteiger partial charge in [-0.1, -0.05) is 36.4 Å². The van der Waals surface area contributed by atoms with E-state index in [1.807, 2.05) is 18.2 Å². The van der Waals surface area contributed by atoms with E-state index in [9.17, 15) is 14.3 Å². The summed E-state index contributed by atoms with van der Waals surface area (Å²) in [4.78, 5) is 13.1. The third-order valence-corrected chi connectivity index (χ3v) is 4.82. The van der Waals surface area contributed by atoms with E-state index in [1.54, 1.807) is 48.5 Å². The molecule has 0 radical (unpaired) electrons. The van der Waals surface area contributed by atoms with Crippen molar-refractivity contribution >= 4 is 38.7 Å². The fourth-order valence-electron chi connectivity index (χ4n) is 3.61. The minimum Gasteiger partial charge on any atom is -0.508 e. The van der Waals surface area contributed by atoms with Gasteiger partial charge < -0.3 is 9.84 Å². The van der Waals surface area contributed by atoms with Crippen molar-refractivity contribution in [1.82, 2.24) is 4.57 Å². The van der Waals surface area contributed by atoms with E-state index in [1.165, 1.54) is 16.7 Å². The summed E-state index contributed by atoms with van der Waals surface area (Å²) in [6, 6.07) is 21.7. The number of nitrogens with zero attached hydrogens (tertiary/aromatic N) is 1. The summed E-state index contributed by atoms with van der Waals surface area (Å²) in [5.41, 5.74) is 1.10. The first-order chi connectivity index (χ1) is 13.6. The largest absolute Gasteiger partial charge is 0.508 e. The number of phenolic OH excluding ortho intramolecular Hbond substituents is 1. The fourth-order valence-corrected chi connectivity index (χ4v) is 3.61. The number of fused-ring (bicyclic) bond motifs is 5. The number of ether oxygens (including phenoxy) is 1. The molecule has 136 valence electrons. The zero-order valence-corrected chi connectivity index (χ0v) is 14.6. The lowest BCUT2D eigenvalue weighted by Gasteiger charge is -2.09. The Bertz CT molecular complexity index is 1370. The number of hydrogen-bond donors (Lipinski definition) is 1. The van der Waals surface area contributed by atoms with Crippen LogP contribution in [0.2, 0.25) is 0 Å². The Balaban J connectivity index is 1.86. The third-order valence-electron chi connectivity index (χ3n) is 4.82. The van der Waals surface area contributed by atoms with Crippen LogP contribution in [0.25, 0.3) is 32.6 Å². The topological polar surface area (TPSA) is 51.5 Å². The van der Waals surface area contributed by atoms with Crippen LogP contribution in [-0.2, 0) is 0 Å². The molecule has 0 aliphatic rings. The van der Waals surface area contributed by atoms with Crippen molar-refractivity contribution in [1.29, 1.82) is 0 Å².